The summed E-state index contributed by atoms with van der Waals surface area (Å²) in [6.45, 7) is 0. The molecule has 0 aliphatic rings. The quantitative estimate of drug-likeness (QED) is 0.596. The normalized spacial score (nSPS) is 12.9. The number of allylic oxidation sites excluding steroid dienone is 1. The number of carbonyl (C=O) groups is 1. The highest BCUT2D eigenvalue weighted by atomic mass is 19.4. The summed E-state index contributed by atoms with van der Waals surface area (Å²) >= 11 is 0. The van der Waals surface area contributed by atoms with Gasteiger partial charge in [-0.3, -0.25) is 0 Å². The average Bonchev–Trinajstić information content (AvgIpc) is 2.27. The molecule has 7 heteroatoms. The fourth-order valence-corrected chi connectivity index (χ4v) is 1.33. The molecule has 1 nitrogen and oxygen atoms in total. The van der Waals surface area contributed by atoms with Crippen LogP contribution in [0.25, 0.3) is 6.08 Å². The molecule has 1 aromatic carbocycles. The monoisotopic (exact) mass is 282 g/mol. The Balaban J connectivity index is 3.28. The Morgan fingerprint density at radius 2 is 1.37 bits per heavy atom. The minimum Gasteiger partial charge on any atom is -0.303 e. The number of hydrogen-bond donors (Lipinski definition) is 0. The first kappa shape index (κ1) is 15.3. The van der Waals surface area contributed by atoms with E-state index < -0.39 is 23.5 Å². The van der Waals surface area contributed by atoms with Gasteiger partial charge in [0, 0.05) is 6.42 Å². The van der Waals surface area contributed by atoms with Gasteiger partial charge in [0.2, 0.25) is 0 Å². The van der Waals surface area contributed by atoms with Crippen LogP contribution in [0, 0.1) is 0 Å². The number of benzene rings is 1. The van der Waals surface area contributed by atoms with Gasteiger partial charge in [-0.05, 0) is 23.8 Å². The lowest BCUT2D eigenvalue weighted by Gasteiger charge is -2.12. The molecule has 19 heavy (non-hydrogen) atoms. The van der Waals surface area contributed by atoms with Gasteiger partial charge in [-0.1, -0.05) is 12.2 Å². The Labute approximate surface area is 104 Å². The number of halogens is 6. The van der Waals surface area contributed by atoms with Crippen LogP contribution in [0.15, 0.2) is 24.3 Å². The van der Waals surface area contributed by atoms with Crippen molar-refractivity contribution in [2.75, 3.05) is 0 Å². The minimum atomic E-state index is -4.87. The molecule has 0 radical (unpaired) electrons. The molecule has 0 fully saturated rings. The molecule has 0 saturated carbocycles. The lowest BCUT2D eigenvalue weighted by molar-refractivity contribution is -0.143. The second-order valence-corrected chi connectivity index (χ2v) is 3.64. The minimum absolute atomic E-state index is 0.0526. The zero-order chi connectivity index (χ0) is 14.7. The van der Waals surface area contributed by atoms with Crippen molar-refractivity contribution in [3.63, 3.8) is 0 Å². The second kappa shape index (κ2) is 5.46. The molecule has 1 aromatic rings. The van der Waals surface area contributed by atoms with E-state index in [0.29, 0.717) is 18.4 Å². The molecule has 0 amide bonds. The fourth-order valence-electron chi connectivity index (χ4n) is 1.33. The number of rotatable bonds is 3. The number of hydrogen-bond acceptors (Lipinski definition) is 1. The van der Waals surface area contributed by atoms with Crippen molar-refractivity contribution >= 4 is 12.4 Å². The highest BCUT2D eigenvalue weighted by Gasteiger charge is 2.36. The van der Waals surface area contributed by atoms with E-state index in [1.807, 2.05) is 0 Å². The highest BCUT2D eigenvalue weighted by molar-refractivity contribution is 5.59. The summed E-state index contributed by atoms with van der Waals surface area (Å²) in [6.07, 6.45) is -7.11. The van der Waals surface area contributed by atoms with E-state index >= 15 is 0 Å². The zero-order valence-electron chi connectivity index (χ0n) is 9.35. The molecule has 0 heterocycles. The van der Waals surface area contributed by atoms with E-state index in [0.717, 1.165) is 6.08 Å². The van der Waals surface area contributed by atoms with Gasteiger partial charge in [0.25, 0.3) is 0 Å². The third-order valence-corrected chi connectivity index (χ3v) is 2.15. The van der Waals surface area contributed by atoms with Gasteiger partial charge in [0.05, 0.1) is 11.1 Å². The standard InChI is InChI=1S/C12H8F6O/c13-11(14,15)9-5-8(3-1-2-4-19)6-10(7-9)12(16,17)18/h1,3-7H,2H2. The molecule has 0 N–H and O–H groups in total. The van der Waals surface area contributed by atoms with Crippen molar-refractivity contribution in [2.24, 2.45) is 0 Å². The van der Waals surface area contributed by atoms with Crippen LogP contribution in [-0.2, 0) is 17.1 Å². The van der Waals surface area contributed by atoms with Crippen LogP contribution < -0.4 is 0 Å². The summed E-state index contributed by atoms with van der Waals surface area (Å²) in [4.78, 5) is 10.0. The van der Waals surface area contributed by atoms with Crippen LogP contribution in [0.3, 0.4) is 0 Å². The summed E-state index contributed by atoms with van der Waals surface area (Å²) in [5, 5.41) is 0. The topological polar surface area (TPSA) is 17.1 Å². The molecule has 0 unspecified atom stereocenters. The van der Waals surface area contributed by atoms with Gasteiger partial charge in [-0.25, -0.2) is 0 Å². The van der Waals surface area contributed by atoms with Crippen LogP contribution in [0.4, 0.5) is 26.3 Å². The van der Waals surface area contributed by atoms with E-state index in [9.17, 15) is 31.1 Å². The molecular weight excluding hydrogens is 274 g/mol. The maximum atomic E-state index is 12.5. The van der Waals surface area contributed by atoms with Gasteiger partial charge in [-0.2, -0.15) is 26.3 Å². The first-order valence-corrected chi connectivity index (χ1v) is 5.04. The summed E-state index contributed by atoms with van der Waals surface area (Å²) < 4.78 is 74.9. The maximum Gasteiger partial charge on any atom is 0.416 e. The predicted molar refractivity (Wildman–Crippen MR) is 56.2 cm³/mol. The highest BCUT2D eigenvalue weighted by Crippen LogP contribution is 2.36. The molecule has 1 rings (SSSR count). The van der Waals surface area contributed by atoms with Crippen molar-refractivity contribution < 1.29 is 31.1 Å². The molecule has 0 bridgehead atoms. The molecule has 0 atom stereocenters. The molecular formula is C12H8F6O. The third-order valence-electron chi connectivity index (χ3n) is 2.15. The summed E-state index contributed by atoms with van der Waals surface area (Å²) in [5.41, 5.74) is -3.02. The van der Waals surface area contributed by atoms with Crippen molar-refractivity contribution in [1.82, 2.24) is 0 Å². The molecule has 0 spiro atoms. The van der Waals surface area contributed by atoms with Crippen molar-refractivity contribution in [1.29, 1.82) is 0 Å². The third kappa shape index (κ3) is 4.42. The van der Waals surface area contributed by atoms with Crippen LogP contribution in [-0.4, -0.2) is 6.29 Å². The van der Waals surface area contributed by atoms with Gasteiger partial charge in [0.1, 0.15) is 6.29 Å². The van der Waals surface area contributed by atoms with Crippen molar-refractivity contribution in [3.8, 4) is 0 Å². The Morgan fingerprint density at radius 1 is 0.895 bits per heavy atom. The molecule has 0 saturated heterocycles. The van der Waals surface area contributed by atoms with Gasteiger partial charge in [0.15, 0.2) is 0 Å². The van der Waals surface area contributed by atoms with Crippen molar-refractivity contribution in [2.45, 2.75) is 18.8 Å². The van der Waals surface area contributed by atoms with Gasteiger partial charge in [-0.15, -0.1) is 0 Å². The molecule has 0 aliphatic heterocycles. The molecule has 0 aliphatic carbocycles. The molecule has 0 aromatic heterocycles. The number of carbonyl (C=O) groups excluding carboxylic acids is 1. The Bertz CT molecular complexity index is 452. The summed E-state index contributed by atoms with van der Waals surface area (Å²) in [7, 11) is 0. The maximum absolute atomic E-state index is 12.5. The zero-order valence-corrected chi connectivity index (χ0v) is 9.35. The lowest BCUT2D eigenvalue weighted by atomic mass is 10.0. The smallest absolute Gasteiger partial charge is 0.303 e. The SMILES string of the molecule is O=CCC=Cc1cc(C(F)(F)F)cc(C(F)(F)F)c1. The Hall–Kier alpha value is -1.79. The van der Waals surface area contributed by atoms with Gasteiger partial charge < -0.3 is 4.79 Å². The number of alkyl halides is 6. The molecule has 104 valence electrons. The Morgan fingerprint density at radius 3 is 1.74 bits per heavy atom. The van der Waals surface area contributed by atoms with Crippen LogP contribution in [0.5, 0.6) is 0 Å². The largest absolute Gasteiger partial charge is 0.416 e. The second-order valence-electron chi connectivity index (χ2n) is 3.64. The van der Waals surface area contributed by atoms with E-state index in [4.69, 9.17) is 0 Å². The van der Waals surface area contributed by atoms with Gasteiger partial charge >= 0.3 is 12.4 Å². The van der Waals surface area contributed by atoms with Crippen molar-refractivity contribution in [3.05, 3.63) is 41.0 Å². The van der Waals surface area contributed by atoms with E-state index in [1.54, 1.807) is 0 Å². The van der Waals surface area contributed by atoms with E-state index in [2.05, 4.69) is 0 Å². The van der Waals surface area contributed by atoms with E-state index in [-0.39, 0.29) is 18.1 Å². The summed E-state index contributed by atoms with van der Waals surface area (Å²) in [6, 6.07) is 1.24. The van der Waals surface area contributed by atoms with Crippen LogP contribution >= 0.6 is 0 Å². The van der Waals surface area contributed by atoms with Crippen LogP contribution in [0.1, 0.15) is 23.1 Å². The summed E-state index contributed by atoms with van der Waals surface area (Å²) in [5.74, 6) is 0. The Kier molecular flexibility index (Phi) is 4.39. The number of aldehydes is 1. The van der Waals surface area contributed by atoms with Crippen LogP contribution in [0.2, 0.25) is 0 Å². The first-order valence-electron chi connectivity index (χ1n) is 5.04. The first-order chi connectivity index (χ1) is 8.64. The average molecular weight is 282 g/mol. The predicted octanol–water partition coefficient (Wildman–Crippen LogP) is 4.33. The van der Waals surface area contributed by atoms with E-state index in [1.165, 1.54) is 6.08 Å². The lowest BCUT2D eigenvalue weighted by Crippen LogP contribution is -2.11. The fraction of sp³-hybridized carbons (Fsp3) is 0.250.